The van der Waals surface area contributed by atoms with E-state index in [1.807, 2.05) is 18.2 Å². The van der Waals surface area contributed by atoms with Gasteiger partial charge in [0.05, 0.1) is 11.5 Å². The molecule has 1 saturated heterocycles. The van der Waals surface area contributed by atoms with Gasteiger partial charge in [0.2, 0.25) is 0 Å². The van der Waals surface area contributed by atoms with E-state index in [2.05, 4.69) is 29.2 Å². The van der Waals surface area contributed by atoms with E-state index in [-0.39, 0.29) is 11.5 Å². The second-order valence-electron chi connectivity index (χ2n) is 6.07. The predicted octanol–water partition coefficient (Wildman–Crippen LogP) is 3.47. The van der Waals surface area contributed by atoms with Gasteiger partial charge in [-0.25, -0.2) is 0 Å². The number of likely N-dealkylation sites (tertiary alicyclic amines) is 1. The van der Waals surface area contributed by atoms with E-state index >= 15 is 0 Å². The number of hydrogen-bond acceptors (Lipinski definition) is 2. The molecule has 1 N–H and O–H groups in total. The summed E-state index contributed by atoms with van der Waals surface area (Å²) in [6, 6.07) is 10.2. The molecule has 1 aliphatic carbocycles. The summed E-state index contributed by atoms with van der Waals surface area (Å²) >= 11 is 6.81. The second kappa shape index (κ2) is 6.35. The maximum Gasteiger partial charge on any atom is 0.0793 e. The maximum atomic E-state index is 9.75. The maximum absolute atomic E-state index is 9.75. The van der Waals surface area contributed by atoms with Gasteiger partial charge < -0.3 is 10.0 Å². The van der Waals surface area contributed by atoms with Crippen LogP contribution in [0.3, 0.4) is 0 Å². The minimum Gasteiger partial charge on any atom is -0.392 e. The standard InChI is InChI=1S/C18H22ClNO/c19-18(14-20-10-4-5-11-20)9-8-17(16(12-18)13-21)15-6-2-1-3-7-15/h1-3,6-9,21H,4-5,10-14H2. The highest BCUT2D eigenvalue weighted by atomic mass is 35.5. The molecule has 0 saturated carbocycles. The van der Waals surface area contributed by atoms with Gasteiger partial charge in [0.15, 0.2) is 0 Å². The molecule has 21 heavy (non-hydrogen) atoms. The SMILES string of the molecule is OCC1=C(c2ccccc2)C=CC(Cl)(CN2CCCC2)C1. The molecule has 1 atom stereocenters. The van der Waals surface area contributed by atoms with Gasteiger partial charge >= 0.3 is 0 Å². The summed E-state index contributed by atoms with van der Waals surface area (Å²) in [5.74, 6) is 0. The number of aliphatic hydroxyl groups is 1. The van der Waals surface area contributed by atoms with Gasteiger partial charge in [-0.05, 0) is 49.1 Å². The largest absolute Gasteiger partial charge is 0.392 e. The van der Waals surface area contributed by atoms with Crippen molar-refractivity contribution < 1.29 is 5.11 Å². The van der Waals surface area contributed by atoms with Gasteiger partial charge in [-0.15, -0.1) is 11.6 Å². The Morgan fingerprint density at radius 2 is 1.86 bits per heavy atom. The Morgan fingerprint density at radius 1 is 1.14 bits per heavy atom. The molecule has 0 radical (unpaired) electrons. The normalized spacial score (nSPS) is 26.6. The zero-order chi connectivity index (χ0) is 14.7. The summed E-state index contributed by atoms with van der Waals surface area (Å²) in [5.41, 5.74) is 3.31. The van der Waals surface area contributed by atoms with Gasteiger partial charge in [-0.3, -0.25) is 0 Å². The molecule has 1 fully saturated rings. The van der Waals surface area contributed by atoms with Crippen molar-refractivity contribution in [3.8, 4) is 0 Å². The van der Waals surface area contributed by atoms with Gasteiger partial charge in [0, 0.05) is 6.54 Å². The van der Waals surface area contributed by atoms with Crippen LogP contribution < -0.4 is 0 Å². The van der Waals surface area contributed by atoms with Crippen LogP contribution in [0.5, 0.6) is 0 Å². The van der Waals surface area contributed by atoms with Crippen molar-refractivity contribution in [1.82, 2.24) is 4.90 Å². The van der Waals surface area contributed by atoms with Gasteiger partial charge in [-0.2, -0.15) is 0 Å². The molecule has 0 amide bonds. The molecule has 3 rings (SSSR count). The lowest BCUT2D eigenvalue weighted by Gasteiger charge is -2.33. The van der Waals surface area contributed by atoms with Gasteiger partial charge in [-0.1, -0.05) is 42.5 Å². The molecule has 0 aromatic heterocycles. The summed E-state index contributed by atoms with van der Waals surface area (Å²) in [6.07, 6.45) is 7.48. The fourth-order valence-corrected chi connectivity index (χ4v) is 3.73. The summed E-state index contributed by atoms with van der Waals surface area (Å²) in [4.78, 5) is 2.06. The van der Waals surface area contributed by atoms with E-state index in [0.29, 0.717) is 0 Å². The van der Waals surface area contributed by atoms with Crippen molar-refractivity contribution >= 4 is 17.2 Å². The van der Waals surface area contributed by atoms with E-state index in [0.717, 1.165) is 42.8 Å². The van der Waals surface area contributed by atoms with E-state index < -0.39 is 0 Å². The number of nitrogens with zero attached hydrogens (tertiary/aromatic N) is 1. The lowest BCUT2D eigenvalue weighted by Crippen LogP contribution is -2.38. The number of benzene rings is 1. The minimum atomic E-state index is -0.374. The van der Waals surface area contributed by atoms with Gasteiger partial charge in [0.25, 0.3) is 0 Å². The summed E-state index contributed by atoms with van der Waals surface area (Å²) in [6.45, 7) is 3.23. The van der Waals surface area contributed by atoms with Crippen LogP contribution in [-0.2, 0) is 0 Å². The number of allylic oxidation sites excluding steroid dienone is 2. The Labute approximate surface area is 131 Å². The first-order chi connectivity index (χ1) is 10.2. The first-order valence-electron chi connectivity index (χ1n) is 7.69. The summed E-state index contributed by atoms with van der Waals surface area (Å²) in [5, 5.41) is 9.75. The number of alkyl halides is 1. The topological polar surface area (TPSA) is 23.5 Å². The fraction of sp³-hybridized carbons (Fsp3) is 0.444. The van der Waals surface area contributed by atoms with Crippen molar-refractivity contribution in [3.63, 3.8) is 0 Å². The van der Waals surface area contributed by atoms with Crippen LogP contribution in [-0.4, -0.2) is 41.1 Å². The fourth-order valence-electron chi connectivity index (χ4n) is 3.34. The lowest BCUT2D eigenvalue weighted by molar-refractivity contribution is 0.296. The molecule has 2 nitrogen and oxygen atoms in total. The number of halogens is 1. The number of hydrogen-bond donors (Lipinski definition) is 1. The van der Waals surface area contributed by atoms with Crippen LogP contribution in [0.4, 0.5) is 0 Å². The summed E-state index contributed by atoms with van der Waals surface area (Å²) < 4.78 is 0. The molecule has 112 valence electrons. The van der Waals surface area contributed by atoms with E-state index in [1.165, 1.54) is 12.8 Å². The average Bonchev–Trinajstić information content (AvgIpc) is 3.00. The number of rotatable bonds is 4. The zero-order valence-corrected chi connectivity index (χ0v) is 13.0. The third-order valence-corrected chi connectivity index (χ3v) is 4.78. The highest BCUT2D eigenvalue weighted by Crippen LogP contribution is 2.37. The molecular weight excluding hydrogens is 282 g/mol. The molecule has 0 bridgehead atoms. The smallest absolute Gasteiger partial charge is 0.0793 e. The first-order valence-corrected chi connectivity index (χ1v) is 8.07. The predicted molar refractivity (Wildman–Crippen MR) is 88.5 cm³/mol. The molecule has 1 aromatic carbocycles. The molecule has 1 unspecified atom stereocenters. The Kier molecular flexibility index (Phi) is 4.48. The van der Waals surface area contributed by atoms with Crippen LogP contribution in [0.2, 0.25) is 0 Å². The van der Waals surface area contributed by atoms with Crippen LogP contribution in [0.1, 0.15) is 24.8 Å². The van der Waals surface area contributed by atoms with Gasteiger partial charge in [0.1, 0.15) is 0 Å². The Bertz CT molecular complexity index is 546. The summed E-state index contributed by atoms with van der Waals surface area (Å²) in [7, 11) is 0. The first kappa shape index (κ1) is 14.8. The Balaban J connectivity index is 1.80. The van der Waals surface area contributed by atoms with E-state index in [1.54, 1.807) is 0 Å². The molecule has 1 aliphatic heterocycles. The average molecular weight is 304 g/mol. The number of aliphatic hydroxyl groups excluding tert-OH is 1. The monoisotopic (exact) mass is 303 g/mol. The van der Waals surface area contributed by atoms with E-state index in [4.69, 9.17) is 11.6 Å². The second-order valence-corrected chi connectivity index (χ2v) is 6.82. The molecule has 3 heteroatoms. The Hall–Kier alpha value is -1.09. The van der Waals surface area contributed by atoms with Crippen molar-refractivity contribution in [2.45, 2.75) is 24.1 Å². The quantitative estimate of drug-likeness (QED) is 0.861. The highest BCUT2D eigenvalue weighted by Gasteiger charge is 2.32. The zero-order valence-electron chi connectivity index (χ0n) is 12.3. The van der Waals surface area contributed by atoms with Crippen LogP contribution in [0.15, 0.2) is 48.1 Å². The van der Waals surface area contributed by atoms with Crippen LogP contribution in [0, 0.1) is 0 Å². The van der Waals surface area contributed by atoms with Crippen molar-refractivity contribution in [2.24, 2.45) is 0 Å². The van der Waals surface area contributed by atoms with Crippen LogP contribution in [0.25, 0.3) is 5.57 Å². The third-order valence-electron chi connectivity index (χ3n) is 4.40. The highest BCUT2D eigenvalue weighted by molar-refractivity contribution is 6.26. The van der Waals surface area contributed by atoms with Crippen molar-refractivity contribution in [3.05, 3.63) is 53.6 Å². The minimum absolute atomic E-state index is 0.0725. The lowest BCUT2D eigenvalue weighted by atomic mass is 9.86. The molecule has 1 heterocycles. The van der Waals surface area contributed by atoms with Crippen LogP contribution >= 0.6 is 11.6 Å². The van der Waals surface area contributed by atoms with Crippen molar-refractivity contribution in [2.75, 3.05) is 26.2 Å². The molecular formula is C18H22ClNO. The molecule has 1 aromatic rings. The van der Waals surface area contributed by atoms with E-state index in [9.17, 15) is 5.11 Å². The van der Waals surface area contributed by atoms with Crippen molar-refractivity contribution in [1.29, 1.82) is 0 Å². The third kappa shape index (κ3) is 3.39. The molecule has 2 aliphatic rings. The molecule has 0 spiro atoms. The Morgan fingerprint density at radius 3 is 2.52 bits per heavy atom.